The number of fused-ring (bicyclic) bond motifs is 1. The van der Waals surface area contributed by atoms with Crippen molar-refractivity contribution in [2.75, 3.05) is 13.6 Å². The fraction of sp³-hybridized carbons (Fsp3) is 0.400. The number of aliphatic hydroxyl groups excluding tert-OH is 1. The van der Waals surface area contributed by atoms with Crippen LogP contribution in [0.4, 0.5) is 0 Å². The summed E-state index contributed by atoms with van der Waals surface area (Å²) in [7, 11) is 1.96. The van der Waals surface area contributed by atoms with Crippen molar-refractivity contribution in [1.29, 1.82) is 0 Å². The number of halogens is 1. The first-order chi connectivity index (χ1) is 8.95. The van der Waals surface area contributed by atoms with E-state index in [1.54, 1.807) is 6.92 Å². The summed E-state index contributed by atoms with van der Waals surface area (Å²) in [5.41, 5.74) is 3.09. The highest BCUT2D eigenvalue weighted by atomic mass is 35.5. The highest BCUT2D eigenvalue weighted by Crippen LogP contribution is 2.22. The predicted molar refractivity (Wildman–Crippen MR) is 79.5 cm³/mol. The summed E-state index contributed by atoms with van der Waals surface area (Å²) in [6.07, 6.45) is -0.347. The molecule has 1 aromatic carbocycles. The molecule has 0 saturated heterocycles. The minimum absolute atomic E-state index is 0.347. The molecule has 1 aromatic heterocycles. The number of hydrogen-bond donors (Lipinski definition) is 1. The first-order valence-corrected chi connectivity index (χ1v) is 6.76. The van der Waals surface area contributed by atoms with Crippen molar-refractivity contribution in [2.45, 2.75) is 26.5 Å². The third-order valence-electron chi connectivity index (χ3n) is 3.02. The second-order valence-electron chi connectivity index (χ2n) is 5.18. The quantitative estimate of drug-likeness (QED) is 0.874. The predicted octanol–water partition coefficient (Wildman–Crippen LogP) is 3.01. The number of aromatic nitrogens is 1. The molecular formula is C15H19ClN2O. The third-order valence-corrected chi connectivity index (χ3v) is 3.34. The minimum atomic E-state index is -0.347. The number of benzene rings is 1. The van der Waals surface area contributed by atoms with Gasteiger partial charge in [-0.2, -0.15) is 0 Å². The van der Waals surface area contributed by atoms with Crippen LogP contribution in [0.15, 0.2) is 24.3 Å². The number of aliphatic hydroxyl groups is 1. The van der Waals surface area contributed by atoms with Crippen LogP contribution in [0.5, 0.6) is 0 Å². The van der Waals surface area contributed by atoms with Crippen molar-refractivity contribution in [3.63, 3.8) is 0 Å². The van der Waals surface area contributed by atoms with E-state index < -0.39 is 0 Å². The summed E-state index contributed by atoms with van der Waals surface area (Å²) < 4.78 is 0. The van der Waals surface area contributed by atoms with Crippen LogP contribution in [0.25, 0.3) is 10.9 Å². The number of rotatable bonds is 4. The van der Waals surface area contributed by atoms with Gasteiger partial charge in [0, 0.05) is 24.0 Å². The Morgan fingerprint density at radius 3 is 2.79 bits per heavy atom. The molecule has 0 amide bonds. The normalized spacial score (nSPS) is 13.2. The Bertz CT molecular complexity index is 584. The second-order valence-corrected chi connectivity index (χ2v) is 5.54. The maximum Gasteiger partial charge on any atom is 0.134 e. The molecule has 0 aliphatic rings. The molecule has 1 heterocycles. The van der Waals surface area contributed by atoms with Gasteiger partial charge in [0.15, 0.2) is 0 Å². The zero-order valence-electron chi connectivity index (χ0n) is 11.5. The van der Waals surface area contributed by atoms with Gasteiger partial charge in [-0.25, -0.2) is 4.98 Å². The molecule has 0 saturated carbocycles. The summed E-state index contributed by atoms with van der Waals surface area (Å²) in [5, 5.41) is 11.0. The molecule has 1 N–H and O–H groups in total. The van der Waals surface area contributed by atoms with E-state index in [0.717, 1.165) is 16.5 Å². The third kappa shape index (κ3) is 3.66. The van der Waals surface area contributed by atoms with Crippen LogP contribution in [0.3, 0.4) is 0 Å². The highest BCUT2D eigenvalue weighted by molar-refractivity contribution is 6.30. The van der Waals surface area contributed by atoms with Crippen LogP contribution in [0.2, 0.25) is 5.15 Å². The van der Waals surface area contributed by atoms with Gasteiger partial charge in [0.25, 0.3) is 0 Å². The van der Waals surface area contributed by atoms with Crippen LogP contribution in [-0.2, 0) is 6.54 Å². The van der Waals surface area contributed by atoms with E-state index in [2.05, 4.69) is 23.2 Å². The molecule has 3 nitrogen and oxygen atoms in total. The molecule has 0 bridgehead atoms. The zero-order valence-corrected chi connectivity index (χ0v) is 12.3. The summed E-state index contributed by atoms with van der Waals surface area (Å²) >= 11 is 6.24. The SMILES string of the molecule is Cc1ccc2cc(CN(C)CC(C)O)c(Cl)nc2c1. The fourth-order valence-electron chi connectivity index (χ4n) is 2.21. The first-order valence-electron chi connectivity index (χ1n) is 6.38. The molecule has 2 rings (SSSR count). The van der Waals surface area contributed by atoms with E-state index in [9.17, 15) is 5.11 Å². The molecule has 0 aliphatic carbocycles. The number of aryl methyl sites for hydroxylation is 1. The monoisotopic (exact) mass is 278 g/mol. The van der Waals surface area contributed by atoms with Gasteiger partial charge in [-0.15, -0.1) is 0 Å². The molecule has 102 valence electrons. The lowest BCUT2D eigenvalue weighted by Gasteiger charge is -2.19. The van der Waals surface area contributed by atoms with Crippen molar-refractivity contribution in [3.8, 4) is 0 Å². The molecule has 1 atom stereocenters. The Balaban J connectivity index is 2.28. The van der Waals surface area contributed by atoms with E-state index >= 15 is 0 Å². The van der Waals surface area contributed by atoms with Gasteiger partial charge in [-0.1, -0.05) is 23.7 Å². The summed E-state index contributed by atoms with van der Waals surface area (Å²) in [6.45, 7) is 5.11. The lowest BCUT2D eigenvalue weighted by atomic mass is 10.1. The molecule has 0 spiro atoms. The number of nitrogens with zero attached hydrogens (tertiary/aromatic N) is 2. The Morgan fingerprint density at radius 1 is 1.37 bits per heavy atom. The average Bonchev–Trinajstić information content (AvgIpc) is 2.29. The smallest absolute Gasteiger partial charge is 0.134 e. The molecule has 0 radical (unpaired) electrons. The molecule has 0 fully saturated rings. The fourth-order valence-corrected chi connectivity index (χ4v) is 2.42. The minimum Gasteiger partial charge on any atom is -0.392 e. The summed E-state index contributed by atoms with van der Waals surface area (Å²) in [5.74, 6) is 0. The van der Waals surface area contributed by atoms with Crippen LogP contribution in [-0.4, -0.2) is 34.7 Å². The largest absolute Gasteiger partial charge is 0.392 e. The number of hydrogen-bond acceptors (Lipinski definition) is 3. The van der Waals surface area contributed by atoms with Gasteiger partial charge in [0.05, 0.1) is 11.6 Å². The molecule has 1 unspecified atom stereocenters. The standard InChI is InChI=1S/C15H19ClN2O/c1-10-4-5-12-7-13(9-18(3)8-11(2)19)15(16)17-14(12)6-10/h4-7,11,19H,8-9H2,1-3H3. The lowest BCUT2D eigenvalue weighted by molar-refractivity contribution is 0.138. The average molecular weight is 279 g/mol. The van der Waals surface area contributed by atoms with Crippen molar-refractivity contribution in [1.82, 2.24) is 9.88 Å². The lowest BCUT2D eigenvalue weighted by Crippen LogP contribution is -2.26. The van der Waals surface area contributed by atoms with Gasteiger partial charge in [-0.05, 0) is 38.6 Å². The molecule has 4 heteroatoms. The van der Waals surface area contributed by atoms with Gasteiger partial charge < -0.3 is 5.11 Å². The van der Waals surface area contributed by atoms with Gasteiger partial charge in [0.2, 0.25) is 0 Å². The van der Waals surface area contributed by atoms with Gasteiger partial charge in [0.1, 0.15) is 5.15 Å². The Hall–Kier alpha value is -1.16. The number of likely N-dealkylation sites (N-methyl/N-ethyl adjacent to an activating group) is 1. The maximum absolute atomic E-state index is 9.38. The Morgan fingerprint density at radius 2 is 2.11 bits per heavy atom. The first kappa shape index (κ1) is 14.3. The topological polar surface area (TPSA) is 36.4 Å². The highest BCUT2D eigenvalue weighted by Gasteiger charge is 2.09. The van der Waals surface area contributed by atoms with Crippen LogP contribution in [0.1, 0.15) is 18.1 Å². The molecular weight excluding hydrogens is 260 g/mol. The molecule has 2 aromatic rings. The van der Waals surface area contributed by atoms with Gasteiger partial charge in [-0.3, -0.25) is 4.90 Å². The maximum atomic E-state index is 9.38. The molecule has 19 heavy (non-hydrogen) atoms. The van der Waals surface area contributed by atoms with Crippen molar-refractivity contribution < 1.29 is 5.11 Å². The Kier molecular flexibility index (Phi) is 4.40. The second kappa shape index (κ2) is 5.87. The van der Waals surface area contributed by atoms with E-state index in [1.807, 2.05) is 24.9 Å². The van der Waals surface area contributed by atoms with E-state index in [-0.39, 0.29) is 6.10 Å². The Labute approximate surface area is 118 Å². The van der Waals surface area contributed by atoms with Crippen molar-refractivity contribution in [3.05, 3.63) is 40.5 Å². The van der Waals surface area contributed by atoms with Gasteiger partial charge >= 0.3 is 0 Å². The van der Waals surface area contributed by atoms with E-state index in [1.165, 1.54) is 5.56 Å². The molecule has 0 aliphatic heterocycles. The van der Waals surface area contributed by atoms with Crippen molar-refractivity contribution >= 4 is 22.5 Å². The van der Waals surface area contributed by atoms with Crippen molar-refractivity contribution in [2.24, 2.45) is 0 Å². The van der Waals surface area contributed by atoms with E-state index in [4.69, 9.17) is 11.6 Å². The number of pyridine rings is 1. The van der Waals surface area contributed by atoms with Crippen LogP contribution in [0, 0.1) is 6.92 Å². The van der Waals surface area contributed by atoms with E-state index in [0.29, 0.717) is 18.2 Å². The summed E-state index contributed by atoms with van der Waals surface area (Å²) in [6, 6.07) is 8.24. The van der Waals surface area contributed by atoms with Crippen LogP contribution < -0.4 is 0 Å². The summed E-state index contributed by atoms with van der Waals surface area (Å²) in [4.78, 5) is 6.48. The zero-order chi connectivity index (χ0) is 14.0. The van der Waals surface area contributed by atoms with Crippen LogP contribution >= 0.6 is 11.6 Å².